The lowest BCUT2D eigenvalue weighted by Gasteiger charge is -2.16. The molecule has 0 saturated carbocycles. The minimum absolute atomic E-state index is 0.0820. The summed E-state index contributed by atoms with van der Waals surface area (Å²) in [7, 11) is 1.68. The van der Waals surface area contributed by atoms with Crippen LogP contribution in [-0.2, 0) is 0 Å². The monoisotopic (exact) mass is 300 g/mol. The number of halogens is 1. The van der Waals surface area contributed by atoms with Gasteiger partial charge in [-0.1, -0.05) is 6.92 Å². The van der Waals surface area contributed by atoms with Crippen molar-refractivity contribution in [1.82, 2.24) is 4.90 Å². The van der Waals surface area contributed by atoms with Crippen molar-refractivity contribution in [3.05, 3.63) is 38.3 Å². The van der Waals surface area contributed by atoms with Gasteiger partial charge in [0.15, 0.2) is 0 Å². The number of carbonyl (C=O) groups excluding carboxylic acids is 1. The van der Waals surface area contributed by atoms with Gasteiger partial charge in [0.05, 0.1) is 10.5 Å². The molecule has 0 aliphatic heterocycles. The first-order valence-electron chi connectivity index (χ1n) is 5.16. The van der Waals surface area contributed by atoms with Crippen LogP contribution < -0.4 is 0 Å². The van der Waals surface area contributed by atoms with E-state index < -0.39 is 4.92 Å². The van der Waals surface area contributed by atoms with E-state index in [0.717, 1.165) is 6.42 Å². The summed E-state index contributed by atoms with van der Waals surface area (Å²) in [6.07, 6.45) is 0.842. The van der Waals surface area contributed by atoms with Crippen molar-refractivity contribution in [3.8, 4) is 0 Å². The minimum atomic E-state index is -0.511. The lowest BCUT2D eigenvalue weighted by atomic mass is 10.2. The van der Waals surface area contributed by atoms with Crippen LogP contribution in [0.5, 0.6) is 0 Å². The molecule has 1 rings (SSSR count). The Kier molecular flexibility index (Phi) is 4.62. The summed E-state index contributed by atoms with van der Waals surface area (Å²) in [6, 6.07) is 4.17. The number of benzene rings is 1. The van der Waals surface area contributed by atoms with Gasteiger partial charge in [-0.2, -0.15) is 0 Å². The highest BCUT2D eigenvalue weighted by Crippen LogP contribution is 2.23. The van der Waals surface area contributed by atoms with Crippen LogP contribution in [-0.4, -0.2) is 29.3 Å². The molecule has 1 aromatic rings. The lowest BCUT2D eigenvalue weighted by Crippen LogP contribution is -2.27. The van der Waals surface area contributed by atoms with E-state index in [1.807, 2.05) is 6.92 Å². The summed E-state index contributed by atoms with van der Waals surface area (Å²) < 4.78 is 0.566. The van der Waals surface area contributed by atoms with Crippen LogP contribution in [0.15, 0.2) is 22.7 Å². The van der Waals surface area contributed by atoms with Gasteiger partial charge in [0.1, 0.15) is 0 Å². The fourth-order valence-electron chi connectivity index (χ4n) is 1.43. The molecule has 0 aliphatic carbocycles. The first kappa shape index (κ1) is 13.6. The molecular formula is C11H13BrN2O3. The highest BCUT2D eigenvalue weighted by molar-refractivity contribution is 9.10. The quantitative estimate of drug-likeness (QED) is 0.634. The third kappa shape index (κ3) is 3.26. The number of hydrogen-bond donors (Lipinski definition) is 0. The molecule has 0 bridgehead atoms. The first-order chi connectivity index (χ1) is 7.97. The molecule has 1 amide bonds. The Balaban J connectivity index is 3.07. The first-order valence-corrected chi connectivity index (χ1v) is 5.96. The number of non-ortho nitro benzene ring substituents is 1. The summed E-state index contributed by atoms with van der Waals surface area (Å²) in [4.78, 5) is 23.7. The maximum Gasteiger partial charge on any atom is 0.270 e. The van der Waals surface area contributed by atoms with Crippen LogP contribution in [0.4, 0.5) is 5.69 Å². The van der Waals surface area contributed by atoms with Gasteiger partial charge < -0.3 is 4.90 Å². The second-order valence-electron chi connectivity index (χ2n) is 3.65. The topological polar surface area (TPSA) is 63.5 Å². The van der Waals surface area contributed by atoms with Gasteiger partial charge in [-0.15, -0.1) is 0 Å². The van der Waals surface area contributed by atoms with Crippen molar-refractivity contribution >= 4 is 27.5 Å². The standard InChI is InChI=1S/C11H13BrN2O3/c1-3-6-13(2)11(15)9-7-8(14(16)17)4-5-10(9)12/h4-5,7H,3,6H2,1-2H3. The molecule has 17 heavy (non-hydrogen) atoms. The summed E-state index contributed by atoms with van der Waals surface area (Å²) in [5, 5.41) is 10.6. The molecule has 1 aromatic carbocycles. The lowest BCUT2D eigenvalue weighted by molar-refractivity contribution is -0.384. The van der Waals surface area contributed by atoms with Crippen LogP contribution in [0.1, 0.15) is 23.7 Å². The zero-order valence-corrected chi connectivity index (χ0v) is 11.2. The summed E-state index contributed by atoms with van der Waals surface area (Å²) in [6.45, 7) is 2.58. The Morgan fingerprint density at radius 1 is 1.53 bits per heavy atom. The second-order valence-corrected chi connectivity index (χ2v) is 4.50. The molecule has 5 nitrogen and oxygen atoms in total. The summed E-state index contributed by atoms with van der Waals surface area (Å²) in [5.41, 5.74) is 0.233. The Morgan fingerprint density at radius 2 is 2.18 bits per heavy atom. The number of hydrogen-bond acceptors (Lipinski definition) is 3. The van der Waals surface area contributed by atoms with Crippen molar-refractivity contribution in [3.63, 3.8) is 0 Å². The average molecular weight is 301 g/mol. The molecule has 0 atom stereocenters. The molecule has 0 saturated heterocycles. The summed E-state index contributed by atoms with van der Waals surface area (Å²) >= 11 is 3.23. The Hall–Kier alpha value is -1.43. The van der Waals surface area contributed by atoms with Crippen LogP contribution in [0, 0.1) is 10.1 Å². The van der Waals surface area contributed by atoms with Gasteiger partial charge in [0, 0.05) is 30.2 Å². The summed E-state index contributed by atoms with van der Waals surface area (Å²) in [5.74, 6) is -0.220. The molecule has 0 fully saturated rings. The van der Waals surface area contributed by atoms with Crippen LogP contribution >= 0.6 is 15.9 Å². The number of amides is 1. The molecule has 0 radical (unpaired) electrons. The SMILES string of the molecule is CCCN(C)C(=O)c1cc([N+](=O)[O-])ccc1Br. The van der Waals surface area contributed by atoms with E-state index in [2.05, 4.69) is 15.9 Å². The maximum absolute atomic E-state index is 12.0. The zero-order valence-electron chi connectivity index (χ0n) is 9.64. The van der Waals surface area contributed by atoms with E-state index in [9.17, 15) is 14.9 Å². The number of nitrogens with zero attached hydrogens (tertiary/aromatic N) is 2. The van der Waals surface area contributed by atoms with E-state index in [0.29, 0.717) is 16.6 Å². The van der Waals surface area contributed by atoms with Crippen molar-refractivity contribution in [2.45, 2.75) is 13.3 Å². The Bertz CT molecular complexity index is 448. The van der Waals surface area contributed by atoms with Crippen molar-refractivity contribution in [2.75, 3.05) is 13.6 Å². The van der Waals surface area contributed by atoms with E-state index in [4.69, 9.17) is 0 Å². The molecule has 92 valence electrons. The van der Waals surface area contributed by atoms with Crippen LogP contribution in [0.2, 0.25) is 0 Å². The third-order valence-corrected chi connectivity index (χ3v) is 2.99. The van der Waals surface area contributed by atoms with E-state index >= 15 is 0 Å². The second kappa shape index (κ2) is 5.77. The van der Waals surface area contributed by atoms with Gasteiger partial charge in [-0.25, -0.2) is 0 Å². The number of nitro benzene ring substituents is 1. The fraction of sp³-hybridized carbons (Fsp3) is 0.364. The van der Waals surface area contributed by atoms with E-state index in [1.165, 1.54) is 18.2 Å². The van der Waals surface area contributed by atoms with E-state index in [1.54, 1.807) is 11.9 Å². The average Bonchev–Trinajstić information content (AvgIpc) is 2.28. The molecule has 0 unspecified atom stereocenters. The zero-order chi connectivity index (χ0) is 13.0. The number of carbonyl (C=O) groups is 1. The Labute approximate surface area is 108 Å². The normalized spacial score (nSPS) is 10.1. The molecule has 0 spiro atoms. The van der Waals surface area contributed by atoms with Gasteiger partial charge in [0.2, 0.25) is 0 Å². The third-order valence-electron chi connectivity index (χ3n) is 2.30. The largest absolute Gasteiger partial charge is 0.342 e. The van der Waals surface area contributed by atoms with E-state index in [-0.39, 0.29) is 11.6 Å². The predicted molar refractivity (Wildman–Crippen MR) is 68.0 cm³/mol. The highest BCUT2D eigenvalue weighted by Gasteiger charge is 2.18. The molecule has 6 heteroatoms. The van der Waals surface area contributed by atoms with Crippen LogP contribution in [0.25, 0.3) is 0 Å². The Morgan fingerprint density at radius 3 is 2.71 bits per heavy atom. The van der Waals surface area contributed by atoms with Crippen LogP contribution in [0.3, 0.4) is 0 Å². The van der Waals surface area contributed by atoms with Gasteiger partial charge in [-0.3, -0.25) is 14.9 Å². The smallest absolute Gasteiger partial charge is 0.270 e. The van der Waals surface area contributed by atoms with Crippen molar-refractivity contribution < 1.29 is 9.72 Å². The fourth-order valence-corrected chi connectivity index (χ4v) is 1.85. The highest BCUT2D eigenvalue weighted by atomic mass is 79.9. The van der Waals surface area contributed by atoms with Gasteiger partial charge >= 0.3 is 0 Å². The van der Waals surface area contributed by atoms with Gasteiger partial charge in [0.25, 0.3) is 11.6 Å². The van der Waals surface area contributed by atoms with Crippen molar-refractivity contribution in [1.29, 1.82) is 0 Å². The predicted octanol–water partition coefficient (Wildman–Crippen LogP) is 2.84. The molecule has 0 heterocycles. The number of nitro groups is 1. The number of rotatable bonds is 4. The molecule has 0 N–H and O–H groups in total. The minimum Gasteiger partial charge on any atom is -0.342 e. The van der Waals surface area contributed by atoms with Gasteiger partial charge in [-0.05, 0) is 28.4 Å². The molecular weight excluding hydrogens is 288 g/mol. The maximum atomic E-state index is 12.0. The molecule has 0 aromatic heterocycles. The van der Waals surface area contributed by atoms with Crippen molar-refractivity contribution in [2.24, 2.45) is 0 Å². The molecule has 0 aliphatic rings.